The van der Waals surface area contributed by atoms with E-state index in [4.69, 9.17) is 16.3 Å². The molecule has 5 heteroatoms. The van der Waals surface area contributed by atoms with Crippen LogP contribution in [0.4, 0.5) is 13.2 Å². The Kier molecular flexibility index (Phi) is 3.86. The van der Waals surface area contributed by atoms with Gasteiger partial charge in [-0.25, -0.2) is 0 Å². The number of alkyl halides is 3. The molecular weight excluding hydrogens is 241 g/mol. The highest BCUT2D eigenvalue weighted by atomic mass is 35.5. The van der Waals surface area contributed by atoms with Crippen LogP contribution in [0.5, 0.6) is 5.75 Å². The summed E-state index contributed by atoms with van der Waals surface area (Å²) in [5.74, 6) is -0.275. The predicted molar refractivity (Wildman–Crippen MR) is 56.8 cm³/mol. The smallest absolute Gasteiger partial charge is 0.421 e. The van der Waals surface area contributed by atoms with Crippen LogP contribution >= 0.6 is 11.6 Å². The second kappa shape index (κ2) is 4.78. The highest BCUT2D eigenvalue weighted by Crippen LogP contribution is 2.40. The molecule has 0 N–H and O–H groups in total. The SMILES string of the molecule is C=C(C)COc1cccc(Cl)c1C(F)(F)F. The van der Waals surface area contributed by atoms with E-state index in [-0.39, 0.29) is 17.4 Å². The molecule has 0 saturated carbocycles. The van der Waals surface area contributed by atoms with E-state index < -0.39 is 11.7 Å². The van der Waals surface area contributed by atoms with Gasteiger partial charge in [-0.2, -0.15) is 13.2 Å². The van der Waals surface area contributed by atoms with Crippen LogP contribution in [0.1, 0.15) is 12.5 Å². The summed E-state index contributed by atoms with van der Waals surface area (Å²) in [4.78, 5) is 0. The maximum Gasteiger partial charge on any atom is 0.421 e. The number of benzene rings is 1. The highest BCUT2D eigenvalue weighted by molar-refractivity contribution is 6.31. The molecule has 0 radical (unpaired) electrons. The van der Waals surface area contributed by atoms with E-state index in [0.717, 1.165) is 0 Å². The Morgan fingerprint density at radius 3 is 2.56 bits per heavy atom. The Morgan fingerprint density at radius 2 is 2.06 bits per heavy atom. The molecule has 0 aliphatic heterocycles. The molecule has 0 aliphatic carbocycles. The first kappa shape index (κ1) is 12.9. The summed E-state index contributed by atoms with van der Waals surface area (Å²) >= 11 is 5.51. The lowest BCUT2D eigenvalue weighted by molar-refractivity contribution is -0.138. The monoisotopic (exact) mass is 250 g/mol. The average molecular weight is 251 g/mol. The maximum atomic E-state index is 12.6. The summed E-state index contributed by atoms with van der Waals surface area (Å²) in [6.07, 6.45) is -4.53. The van der Waals surface area contributed by atoms with Gasteiger partial charge in [0.05, 0.1) is 5.02 Å². The van der Waals surface area contributed by atoms with Crippen molar-refractivity contribution in [3.8, 4) is 5.75 Å². The molecule has 0 spiro atoms. The van der Waals surface area contributed by atoms with Gasteiger partial charge in [0.2, 0.25) is 0 Å². The Balaban J connectivity index is 3.08. The Hall–Kier alpha value is -1.16. The fraction of sp³-hybridized carbons (Fsp3) is 0.273. The first-order valence-corrected chi connectivity index (χ1v) is 4.83. The summed E-state index contributed by atoms with van der Waals surface area (Å²) in [7, 11) is 0. The number of ether oxygens (including phenoxy) is 1. The Bertz CT molecular complexity index is 399. The second-order valence-electron chi connectivity index (χ2n) is 3.36. The minimum atomic E-state index is -4.53. The molecule has 0 unspecified atom stereocenters. The van der Waals surface area contributed by atoms with Crippen molar-refractivity contribution in [1.29, 1.82) is 0 Å². The van der Waals surface area contributed by atoms with E-state index in [1.54, 1.807) is 6.92 Å². The Labute approximate surface area is 96.5 Å². The zero-order valence-electron chi connectivity index (χ0n) is 8.57. The molecule has 0 fully saturated rings. The molecule has 0 bridgehead atoms. The van der Waals surface area contributed by atoms with Gasteiger partial charge < -0.3 is 4.74 Å². The van der Waals surface area contributed by atoms with Crippen molar-refractivity contribution in [3.63, 3.8) is 0 Å². The molecule has 0 saturated heterocycles. The molecule has 1 aromatic rings. The van der Waals surface area contributed by atoms with Gasteiger partial charge in [-0.1, -0.05) is 24.2 Å². The molecule has 88 valence electrons. The molecule has 0 aliphatic rings. The largest absolute Gasteiger partial charge is 0.489 e. The molecule has 0 aromatic heterocycles. The van der Waals surface area contributed by atoms with Crippen LogP contribution in [0.15, 0.2) is 30.4 Å². The van der Waals surface area contributed by atoms with Crippen molar-refractivity contribution >= 4 is 11.6 Å². The van der Waals surface area contributed by atoms with Crippen LogP contribution in [-0.2, 0) is 6.18 Å². The summed E-state index contributed by atoms with van der Waals surface area (Å²) in [5, 5.41) is -0.369. The van der Waals surface area contributed by atoms with E-state index in [2.05, 4.69) is 6.58 Å². The second-order valence-corrected chi connectivity index (χ2v) is 3.76. The molecular formula is C11H10ClF3O. The van der Waals surface area contributed by atoms with E-state index >= 15 is 0 Å². The van der Waals surface area contributed by atoms with Gasteiger partial charge >= 0.3 is 6.18 Å². The van der Waals surface area contributed by atoms with Gasteiger partial charge in [0.15, 0.2) is 0 Å². The number of hydrogen-bond acceptors (Lipinski definition) is 1. The van der Waals surface area contributed by atoms with E-state index in [1.807, 2.05) is 0 Å². The van der Waals surface area contributed by atoms with E-state index in [0.29, 0.717) is 5.57 Å². The van der Waals surface area contributed by atoms with E-state index in [1.165, 1.54) is 18.2 Å². The summed E-state index contributed by atoms with van der Waals surface area (Å²) in [6, 6.07) is 3.82. The number of hydrogen-bond donors (Lipinski definition) is 0. The van der Waals surface area contributed by atoms with Crippen molar-refractivity contribution in [1.82, 2.24) is 0 Å². The van der Waals surface area contributed by atoms with Gasteiger partial charge in [0.25, 0.3) is 0 Å². The third kappa shape index (κ3) is 3.17. The zero-order valence-corrected chi connectivity index (χ0v) is 9.32. The molecule has 0 amide bonds. The van der Waals surface area contributed by atoms with Crippen LogP contribution in [0.3, 0.4) is 0 Å². The third-order valence-corrected chi connectivity index (χ3v) is 2.05. The molecule has 1 aromatic carbocycles. The number of halogens is 4. The average Bonchev–Trinajstić information content (AvgIpc) is 2.12. The minimum Gasteiger partial charge on any atom is -0.489 e. The number of rotatable bonds is 3. The summed E-state index contributed by atoms with van der Waals surface area (Å²) in [6.45, 7) is 5.24. The minimum absolute atomic E-state index is 0.0312. The summed E-state index contributed by atoms with van der Waals surface area (Å²) < 4.78 is 42.9. The normalized spacial score (nSPS) is 11.3. The lowest BCUT2D eigenvalue weighted by Crippen LogP contribution is -2.10. The van der Waals surface area contributed by atoms with Gasteiger partial charge in [0, 0.05) is 0 Å². The van der Waals surface area contributed by atoms with Crippen molar-refractivity contribution in [2.24, 2.45) is 0 Å². The first-order chi connectivity index (χ1) is 7.32. The van der Waals surface area contributed by atoms with Crippen molar-refractivity contribution in [3.05, 3.63) is 40.9 Å². The van der Waals surface area contributed by atoms with Crippen molar-refractivity contribution < 1.29 is 17.9 Å². The van der Waals surface area contributed by atoms with Crippen molar-refractivity contribution in [2.45, 2.75) is 13.1 Å². The molecule has 16 heavy (non-hydrogen) atoms. The van der Waals surface area contributed by atoms with Crippen LogP contribution in [0, 0.1) is 0 Å². The maximum absolute atomic E-state index is 12.6. The zero-order chi connectivity index (χ0) is 12.3. The summed E-state index contributed by atoms with van der Waals surface area (Å²) in [5.41, 5.74) is -0.314. The fourth-order valence-electron chi connectivity index (χ4n) is 1.10. The van der Waals surface area contributed by atoms with Gasteiger partial charge in [0.1, 0.15) is 17.9 Å². The molecule has 0 heterocycles. The first-order valence-electron chi connectivity index (χ1n) is 4.45. The van der Waals surface area contributed by atoms with Gasteiger partial charge in [-0.3, -0.25) is 0 Å². The van der Waals surface area contributed by atoms with E-state index in [9.17, 15) is 13.2 Å². The standard InChI is InChI=1S/C11H10ClF3O/c1-7(2)6-16-9-5-3-4-8(12)10(9)11(13,14)15/h3-5H,1,6H2,2H3. The van der Waals surface area contributed by atoms with Gasteiger partial charge in [-0.05, 0) is 24.6 Å². The molecule has 1 nitrogen and oxygen atoms in total. The van der Waals surface area contributed by atoms with Crippen LogP contribution in [0.25, 0.3) is 0 Å². The van der Waals surface area contributed by atoms with Crippen LogP contribution in [0.2, 0.25) is 5.02 Å². The predicted octanol–water partition coefficient (Wildman–Crippen LogP) is 4.31. The third-order valence-electron chi connectivity index (χ3n) is 1.73. The highest BCUT2D eigenvalue weighted by Gasteiger charge is 2.36. The van der Waals surface area contributed by atoms with Crippen molar-refractivity contribution in [2.75, 3.05) is 6.61 Å². The van der Waals surface area contributed by atoms with Crippen LogP contribution in [-0.4, -0.2) is 6.61 Å². The lowest BCUT2D eigenvalue weighted by atomic mass is 10.2. The quantitative estimate of drug-likeness (QED) is 0.726. The van der Waals surface area contributed by atoms with Gasteiger partial charge in [-0.15, -0.1) is 0 Å². The molecule has 0 atom stereocenters. The fourth-order valence-corrected chi connectivity index (χ4v) is 1.37. The molecule has 1 rings (SSSR count). The van der Waals surface area contributed by atoms with Crippen LogP contribution < -0.4 is 4.74 Å². The topological polar surface area (TPSA) is 9.23 Å². The Morgan fingerprint density at radius 1 is 1.44 bits per heavy atom. The lowest BCUT2D eigenvalue weighted by Gasteiger charge is -2.15.